The van der Waals surface area contributed by atoms with E-state index in [2.05, 4.69) is 29.1 Å². The van der Waals surface area contributed by atoms with Gasteiger partial charge in [0.1, 0.15) is 17.1 Å². The summed E-state index contributed by atoms with van der Waals surface area (Å²) in [7, 11) is 1.28. The van der Waals surface area contributed by atoms with Crippen LogP contribution in [0.25, 0.3) is 0 Å². The number of carbonyl (C=O) groups excluding carboxylic acids is 2. The first-order valence-corrected chi connectivity index (χ1v) is 12.7. The number of unbranched alkanes of at least 4 members (excludes halogenated alkanes) is 3. The van der Waals surface area contributed by atoms with E-state index < -0.39 is 23.4 Å². The molecule has 1 heterocycles. The quantitative estimate of drug-likeness (QED) is 0.235. The van der Waals surface area contributed by atoms with Gasteiger partial charge >= 0.3 is 11.7 Å². The molecule has 0 aliphatic carbocycles. The third kappa shape index (κ3) is 9.02. The molecule has 2 unspecified atom stereocenters. The van der Waals surface area contributed by atoms with Crippen LogP contribution in [-0.4, -0.2) is 24.1 Å². The molecule has 1 aromatic carbocycles. The smallest absolute Gasteiger partial charge is 0.410 e. The first kappa shape index (κ1) is 28.9. The van der Waals surface area contributed by atoms with Gasteiger partial charge in [0.15, 0.2) is 5.78 Å². The largest absolute Gasteiger partial charge is 0.507 e. The van der Waals surface area contributed by atoms with Crippen LogP contribution < -0.4 is 10.9 Å². The molecule has 0 aliphatic heterocycles. The van der Waals surface area contributed by atoms with Crippen LogP contribution in [0.15, 0.2) is 51.8 Å². The lowest BCUT2D eigenvalue weighted by Gasteiger charge is -2.14. The maximum atomic E-state index is 13.0. The van der Waals surface area contributed by atoms with Gasteiger partial charge in [-0.25, -0.2) is 9.59 Å². The summed E-state index contributed by atoms with van der Waals surface area (Å²) in [4.78, 5) is 36.6. The molecule has 1 aromatic heterocycles. The van der Waals surface area contributed by atoms with Crippen LogP contribution in [0.1, 0.15) is 92.5 Å². The van der Waals surface area contributed by atoms with Gasteiger partial charge in [-0.3, -0.25) is 10.1 Å². The lowest BCUT2D eigenvalue weighted by atomic mass is 9.92. The summed E-state index contributed by atoms with van der Waals surface area (Å²) in [6, 6.07) is 9.61. The highest BCUT2D eigenvalue weighted by molar-refractivity contribution is 5.99. The highest BCUT2D eigenvalue weighted by Gasteiger charge is 2.25. The van der Waals surface area contributed by atoms with Crippen molar-refractivity contribution in [3.05, 3.63) is 75.5 Å². The number of amides is 1. The number of methoxy groups -OCH3 is 1. The monoisotopic (exact) mass is 497 g/mol. The van der Waals surface area contributed by atoms with Gasteiger partial charge in [-0.15, -0.1) is 0 Å². The number of aromatic hydroxyl groups is 1. The van der Waals surface area contributed by atoms with E-state index in [1.165, 1.54) is 50.6 Å². The highest BCUT2D eigenvalue weighted by atomic mass is 16.5. The van der Waals surface area contributed by atoms with E-state index in [-0.39, 0.29) is 17.2 Å². The van der Waals surface area contributed by atoms with Crippen molar-refractivity contribution < 1.29 is 23.8 Å². The number of rotatable bonds is 14. The van der Waals surface area contributed by atoms with Crippen LogP contribution in [0.3, 0.4) is 0 Å². The normalized spacial score (nSPS) is 12.9. The zero-order valence-corrected chi connectivity index (χ0v) is 21.8. The van der Waals surface area contributed by atoms with E-state index in [1.54, 1.807) is 13.0 Å². The summed E-state index contributed by atoms with van der Waals surface area (Å²) >= 11 is 0. The highest BCUT2D eigenvalue weighted by Crippen LogP contribution is 2.26. The van der Waals surface area contributed by atoms with E-state index in [0.29, 0.717) is 25.0 Å². The van der Waals surface area contributed by atoms with Crippen molar-refractivity contribution in [3.63, 3.8) is 0 Å². The number of allylic oxidation sites excluding steroid dienone is 1. The molecule has 0 saturated carbocycles. The van der Waals surface area contributed by atoms with Crippen molar-refractivity contribution in [2.24, 2.45) is 5.92 Å². The second-order valence-electron chi connectivity index (χ2n) is 9.31. The Labute approximate surface area is 213 Å². The van der Waals surface area contributed by atoms with Gasteiger partial charge in [0.2, 0.25) is 0 Å². The van der Waals surface area contributed by atoms with Crippen LogP contribution in [0.5, 0.6) is 5.75 Å². The molecule has 7 nitrogen and oxygen atoms in total. The Bertz CT molecular complexity index is 1070. The third-order valence-electron chi connectivity index (χ3n) is 6.28. The minimum Gasteiger partial charge on any atom is -0.507 e. The van der Waals surface area contributed by atoms with E-state index in [1.807, 2.05) is 19.1 Å². The predicted molar refractivity (Wildman–Crippen MR) is 140 cm³/mol. The van der Waals surface area contributed by atoms with Crippen LogP contribution in [0.4, 0.5) is 4.79 Å². The van der Waals surface area contributed by atoms with Crippen molar-refractivity contribution in [2.75, 3.05) is 7.11 Å². The molecule has 2 atom stereocenters. The van der Waals surface area contributed by atoms with Gasteiger partial charge in [0.25, 0.3) is 0 Å². The molecule has 0 radical (unpaired) electrons. The number of aryl methyl sites for hydroxylation is 1. The molecule has 0 aliphatic rings. The maximum absolute atomic E-state index is 13.0. The number of alkyl carbamates (subject to hydrolysis) is 1. The zero-order chi connectivity index (χ0) is 26.5. The summed E-state index contributed by atoms with van der Waals surface area (Å²) < 4.78 is 9.88. The predicted octanol–water partition coefficient (Wildman–Crippen LogP) is 6.28. The number of Topliss-reactive ketones (excluding diaryl/α,β-unsaturated/α-hetero) is 1. The number of benzene rings is 1. The van der Waals surface area contributed by atoms with Crippen LogP contribution >= 0.6 is 0 Å². The van der Waals surface area contributed by atoms with E-state index in [4.69, 9.17) is 4.42 Å². The van der Waals surface area contributed by atoms with Crippen molar-refractivity contribution >= 4 is 11.9 Å². The SMILES string of the molecule is CCCCCCc1ccc(CC(C)C(=O)c2c(O)cc(C(C)CC/C=C/NC(=O)OC)oc2=O)cc1. The summed E-state index contributed by atoms with van der Waals surface area (Å²) in [5.41, 5.74) is 1.18. The maximum Gasteiger partial charge on any atom is 0.410 e. The molecule has 2 aromatic rings. The van der Waals surface area contributed by atoms with E-state index in [9.17, 15) is 19.5 Å². The number of nitrogens with one attached hydrogen (secondary N) is 1. The van der Waals surface area contributed by atoms with Crippen LogP contribution in [0.2, 0.25) is 0 Å². The number of carbonyl (C=O) groups is 2. The van der Waals surface area contributed by atoms with Gasteiger partial charge in [0.05, 0.1) is 7.11 Å². The van der Waals surface area contributed by atoms with E-state index >= 15 is 0 Å². The Morgan fingerprint density at radius 1 is 1.11 bits per heavy atom. The molecule has 2 rings (SSSR count). The first-order valence-electron chi connectivity index (χ1n) is 12.7. The Balaban J connectivity index is 1.97. The fraction of sp³-hybridized carbons (Fsp3) is 0.483. The second kappa shape index (κ2) is 14.9. The average molecular weight is 498 g/mol. The fourth-order valence-corrected chi connectivity index (χ4v) is 4.02. The first-order chi connectivity index (χ1) is 17.3. The van der Waals surface area contributed by atoms with Gasteiger partial charge in [-0.1, -0.05) is 70.4 Å². The standard InChI is InChI=1S/C29H39NO6/c1-5-6-7-8-12-22-13-15-23(16-14-22)18-21(3)27(32)26-24(31)19-25(36-28(26)33)20(2)11-9-10-17-30-29(34)35-4/h10,13-17,19-21,31H,5-9,11-12,18H2,1-4H3,(H,30,34)/b17-10+. The van der Waals surface area contributed by atoms with Crippen molar-refractivity contribution in [1.82, 2.24) is 5.32 Å². The summed E-state index contributed by atoms with van der Waals surface area (Å²) in [5, 5.41) is 12.9. The molecule has 36 heavy (non-hydrogen) atoms. The third-order valence-corrected chi connectivity index (χ3v) is 6.28. The molecule has 7 heteroatoms. The minimum absolute atomic E-state index is 0.173. The molecule has 0 fully saturated rings. The summed E-state index contributed by atoms with van der Waals surface area (Å²) in [6.45, 7) is 5.81. The molecule has 2 N–H and O–H groups in total. The van der Waals surface area contributed by atoms with Crippen molar-refractivity contribution in [2.45, 2.75) is 78.1 Å². The molecule has 0 spiro atoms. The van der Waals surface area contributed by atoms with Gasteiger partial charge in [-0.2, -0.15) is 0 Å². The zero-order valence-electron chi connectivity index (χ0n) is 21.8. The molecular formula is C29H39NO6. The number of ether oxygens (including phenoxy) is 1. The average Bonchev–Trinajstić information content (AvgIpc) is 2.86. The summed E-state index contributed by atoms with van der Waals surface area (Å²) in [5.74, 6) is -1.12. The molecule has 196 valence electrons. The lowest BCUT2D eigenvalue weighted by molar-refractivity contribution is 0.0921. The molecule has 1 amide bonds. The minimum atomic E-state index is -0.820. The molecular weight excluding hydrogens is 458 g/mol. The number of hydrogen-bond acceptors (Lipinski definition) is 6. The Hall–Kier alpha value is -3.35. The Kier molecular flexibility index (Phi) is 12.0. The topological polar surface area (TPSA) is 106 Å². The van der Waals surface area contributed by atoms with Crippen LogP contribution in [-0.2, 0) is 17.6 Å². The second-order valence-corrected chi connectivity index (χ2v) is 9.31. The number of hydrogen-bond donors (Lipinski definition) is 2. The van der Waals surface area contributed by atoms with Crippen molar-refractivity contribution in [3.8, 4) is 5.75 Å². The fourth-order valence-electron chi connectivity index (χ4n) is 4.02. The number of ketones is 1. The molecule has 0 bridgehead atoms. The molecule has 0 saturated heterocycles. The van der Waals surface area contributed by atoms with E-state index in [0.717, 1.165) is 12.0 Å². The summed E-state index contributed by atoms with van der Waals surface area (Å²) in [6.07, 6.45) is 10.3. The lowest BCUT2D eigenvalue weighted by Crippen LogP contribution is -2.22. The van der Waals surface area contributed by atoms with Crippen LogP contribution in [0, 0.1) is 5.92 Å². The Morgan fingerprint density at radius 2 is 1.81 bits per heavy atom. The van der Waals surface area contributed by atoms with Crippen molar-refractivity contribution in [1.29, 1.82) is 0 Å². The van der Waals surface area contributed by atoms with Gasteiger partial charge in [-0.05, 0) is 43.2 Å². The van der Waals surface area contributed by atoms with Gasteiger partial charge < -0.3 is 14.3 Å². The van der Waals surface area contributed by atoms with Gasteiger partial charge in [0, 0.05) is 24.1 Å². The Morgan fingerprint density at radius 3 is 2.44 bits per heavy atom.